The molecule has 0 aliphatic carbocycles. The number of nitrogens with one attached hydrogen (secondary N) is 1. The normalized spacial score (nSPS) is 12.4. The molecular weight excluding hydrogens is 420 g/mol. The number of carbonyl (C=O) groups is 1. The summed E-state index contributed by atoms with van der Waals surface area (Å²) in [5, 5.41) is 3.11. The average molecular weight is 451 g/mol. The van der Waals surface area contributed by atoms with Crippen LogP contribution in [0.4, 0.5) is 5.69 Å². The van der Waals surface area contributed by atoms with Crippen LogP contribution in [0.3, 0.4) is 0 Å². The molecule has 0 radical (unpaired) electrons. The third kappa shape index (κ3) is 5.37. The lowest BCUT2D eigenvalue weighted by Crippen LogP contribution is -2.33. The predicted octanol–water partition coefficient (Wildman–Crippen LogP) is 5.34. The minimum Gasteiger partial charge on any atom is -0.345 e. The van der Waals surface area contributed by atoms with Crippen LogP contribution in [0.2, 0.25) is 0 Å². The summed E-state index contributed by atoms with van der Waals surface area (Å²) in [6.07, 6.45) is 0.773. The van der Waals surface area contributed by atoms with Crippen LogP contribution >= 0.6 is 0 Å². The molecule has 0 spiro atoms. The first-order valence-corrected chi connectivity index (χ1v) is 12.1. The van der Waals surface area contributed by atoms with Gasteiger partial charge in [-0.1, -0.05) is 74.0 Å². The lowest BCUT2D eigenvalue weighted by atomic mass is 9.96. The standard InChI is InChI=1S/C26H30N2O3S/c1-19(2)18-24(21-10-6-5-7-11-21)27-26(29)23-12-8-9-13-25(23)28(4)32(30,31)22-16-14-20(3)15-17-22/h5-17,19,24H,18H2,1-4H3,(H,27,29)/t24-/m1/s1. The Morgan fingerprint density at radius 1 is 0.906 bits per heavy atom. The molecule has 0 bridgehead atoms. The second kappa shape index (κ2) is 10.0. The van der Waals surface area contributed by atoms with E-state index in [4.69, 9.17) is 0 Å². The van der Waals surface area contributed by atoms with Crippen molar-refractivity contribution in [3.63, 3.8) is 0 Å². The van der Waals surface area contributed by atoms with Crippen molar-refractivity contribution >= 4 is 21.6 Å². The summed E-state index contributed by atoms with van der Waals surface area (Å²) in [5.41, 5.74) is 2.65. The number of nitrogens with zero attached hydrogens (tertiary/aromatic N) is 1. The fraction of sp³-hybridized carbons (Fsp3) is 0.269. The molecule has 0 fully saturated rings. The van der Waals surface area contributed by atoms with Gasteiger partial charge in [-0.3, -0.25) is 9.10 Å². The smallest absolute Gasteiger partial charge is 0.264 e. The summed E-state index contributed by atoms with van der Waals surface area (Å²) in [6, 6.07) is 23.1. The number of rotatable bonds is 8. The summed E-state index contributed by atoms with van der Waals surface area (Å²) in [4.78, 5) is 13.5. The Bertz CT molecular complexity index is 1160. The van der Waals surface area contributed by atoms with Crippen molar-refractivity contribution in [2.45, 2.75) is 38.1 Å². The second-order valence-corrected chi connectivity index (χ2v) is 10.3. The Morgan fingerprint density at radius 3 is 2.12 bits per heavy atom. The predicted molar refractivity (Wildman–Crippen MR) is 129 cm³/mol. The van der Waals surface area contributed by atoms with Gasteiger partial charge < -0.3 is 5.32 Å². The Labute approximate surface area is 191 Å². The van der Waals surface area contributed by atoms with Crippen molar-refractivity contribution in [3.05, 3.63) is 95.6 Å². The Morgan fingerprint density at radius 2 is 1.50 bits per heavy atom. The summed E-state index contributed by atoms with van der Waals surface area (Å²) < 4.78 is 27.6. The van der Waals surface area contributed by atoms with E-state index in [-0.39, 0.29) is 16.8 Å². The molecule has 3 aromatic rings. The molecule has 0 saturated carbocycles. The largest absolute Gasteiger partial charge is 0.345 e. The zero-order valence-corrected chi connectivity index (χ0v) is 19.8. The zero-order valence-electron chi connectivity index (χ0n) is 18.9. The number of para-hydroxylation sites is 1. The second-order valence-electron chi connectivity index (χ2n) is 8.37. The summed E-state index contributed by atoms with van der Waals surface area (Å²) >= 11 is 0. The Hall–Kier alpha value is -3.12. The molecule has 3 aromatic carbocycles. The van der Waals surface area contributed by atoms with Crippen LogP contribution in [0.5, 0.6) is 0 Å². The summed E-state index contributed by atoms with van der Waals surface area (Å²) in [5.74, 6) is 0.0707. The minimum atomic E-state index is -3.81. The van der Waals surface area contributed by atoms with Crippen molar-refractivity contribution in [2.24, 2.45) is 5.92 Å². The van der Waals surface area contributed by atoms with E-state index < -0.39 is 10.0 Å². The van der Waals surface area contributed by atoms with Crippen molar-refractivity contribution in [3.8, 4) is 0 Å². The first kappa shape index (κ1) is 23.5. The molecule has 3 rings (SSSR count). The SMILES string of the molecule is Cc1ccc(S(=O)(=O)N(C)c2ccccc2C(=O)N[C@H](CC(C)C)c2ccccc2)cc1. The molecule has 0 aliphatic rings. The summed E-state index contributed by atoms with van der Waals surface area (Å²) in [7, 11) is -2.33. The third-order valence-electron chi connectivity index (χ3n) is 5.38. The van der Waals surface area contributed by atoms with Crippen LogP contribution in [0.15, 0.2) is 83.8 Å². The van der Waals surface area contributed by atoms with Crippen molar-refractivity contribution in [1.82, 2.24) is 5.32 Å². The van der Waals surface area contributed by atoms with E-state index in [0.717, 1.165) is 17.5 Å². The van der Waals surface area contributed by atoms with Gasteiger partial charge in [0.05, 0.1) is 22.2 Å². The van der Waals surface area contributed by atoms with Gasteiger partial charge in [-0.05, 0) is 49.1 Å². The molecule has 0 aromatic heterocycles. The minimum absolute atomic E-state index is 0.171. The monoisotopic (exact) mass is 450 g/mol. The molecule has 1 atom stereocenters. The van der Waals surface area contributed by atoms with E-state index in [1.807, 2.05) is 37.3 Å². The molecular formula is C26H30N2O3S. The number of hydrogen-bond donors (Lipinski definition) is 1. The highest BCUT2D eigenvalue weighted by atomic mass is 32.2. The van der Waals surface area contributed by atoms with Gasteiger partial charge >= 0.3 is 0 Å². The van der Waals surface area contributed by atoms with Gasteiger partial charge in [-0.25, -0.2) is 8.42 Å². The van der Waals surface area contributed by atoms with Gasteiger partial charge in [0, 0.05) is 7.05 Å². The molecule has 0 unspecified atom stereocenters. The molecule has 1 amide bonds. The number of sulfonamides is 1. The number of benzene rings is 3. The molecule has 6 heteroatoms. The fourth-order valence-corrected chi connectivity index (χ4v) is 4.82. The summed E-state index contributed by atoms with van der Waals surface area (Å²) in [6.45, 7) is 6.12. The number of hydrogen-bond acceptors (Lipinski definition) is 3. The van der Waals surface area contributed by atoms with Crippen molar-refractivity contribution in [2.75, 3.05) is 11.4 Å². The Kier molecular flexibility index (Phi) is 7.36. The first-order valence-electron chi connectivity index (χ1n) is 10.7. The van der Waals surface area contributed by atoms with Crippen LogP contribution in [-0.2, 0) is 10.0 Å². The fourth-order valence-electron chi connectivity index (χ4n) is 3.61. The molecule has 0 heterocycles. The van der Waals surface area contributed by atoms with E-state index >= 15 is 0 Å². The van der Waals surface area contributed by atoms with Crippen molar-refractivity contribution in [1.29, 1.82) is 0 Å². The Balaban J connectivity index is 1.92. The van der Waals surface area contributed by atoms with E-state index in [1.165, 1.54) is 11.4 Å². The van der Waals surface area contributed by atoms with Crippen molar-refractivity contribution < 1.29 is 13.2 Å². The van der Waals surface area contributed by atoms with E-state index in [2.05, 4.69) is 19.2 Å². The average Bonchev–Trinajstić information content (AvgIpc) is 2.78. The highest BCUT2D eigenvalue weighted by Gasteiger charge is 2.26. The van der Waals surface area contributed by atoms with E-state index in [1.54, 1.807) is 48.5 Å². The molecule has 0 saturated heterocycles. The zero-order chi connectivity index (χ0) is 23.3. The first-order chi connectivity index (χ1) is 15.2. The lowest BCUT2D eigenvalue weighted by Gasteiger charge is -2.25. The number of amides is 1. The van der Waals surface area contributed by atoms with E-state index in [0.29, 0.717) is 17.2 Å². The van der Waals surface area contributed by atoms with Crippen LogP contribution in [-0.4, -0.2) is 21.4 Å². The quantitative estimate of drug-likeness (QED) is 0.504. The van der Waals surface area contributed by atoms with Gasteiger partial charge in [0.1, 0.15) is 0 Å². The topological polar surface area (TPSA) is 66.5 Å². The molecule has 0 aliphatic heterocycles. The maximum atomic E-state index is 13.3. The van der Waals surface area contributed by atoms with Crippen LogP contribution in [0.1, 0.15) is 47.8 Å². The van der Waals surface area contributed by atoms with Gasteiger partial charge in [-0.2, -0.15) is 0 Å². The van der Waals surface area contributed by atoms with Crippen LogP contribution in [0.25, 0.3) is 0 Å². The molecule has 168 valence electrons. The van der Waals surface area contributed by atoms with Gasteiger partial charge in [0.15, 0.2) is 0 Å². The molecule has 32 heavy (non-hydrogen) atoms. The highest BCUT2D eigenvalue weighted by molar-refractivity contribution is 7.92. The van der Waals surface area contributed by atoms with Gasteiger partial charge in [-0.15, -0.1) is 0 Å². The lowest BCUT2D eigenvalue weighted by molar-refractivity contribution is 0.0932. The highest BCUT2D eigenvalue weighted by Crippen LogP contribution is 2.28. The van der Waals surface area contributed by atoms with Gasteiger partial charge in [0.2, 0.25) is 0 Å². The van der Waals surface area contributed by atoms with Crippen LogP contribution in [0, 0.1) is 12.8 Å². The number of anilines is 1. The van der Waals surface area contributed by atoms with Gasteiger partial charge in [0.25, 0.3) is 15.9 Å². The maximum absolute atomic E-state index is 13.3. The van der Waals surface area contributed by atoms with Crippen LogP contribution < -0.4 is 9.62 Å². The van der Waals surface area contributed by atoms with E-state index in [9.17, 15) is 13.2 Å². The number of carbonyl (C=O) groups excluding carboxylic acids is 1. The molecule has 5 nitrogen and oxygen atoms in total. The number of aryl methyl sites for hydroxylation is 1. The molecule has 1 N–H and O–H groups in total. The third-order valence-corrected chi connectivity index (χ3v) is 7.17. The maximum Gasteiger partial charge on any atom is 0.264 e.